The van der Waals surface area contributed by atoms with Crippen molar-refractivity contribution < 1.29 is 0 Å². The van der Waals surface area contributed by atoms with Crippen LogP contribution in [0.5, 0.6) is 0 Å². The number of anilines is 1. The van der Waals surface area contributed by atoms with Crippen LogP contribution in [0.15, 0.2) is 0 Å². The molecule has 86 valence electrons. The SMILES string of the molecule is Clc1nc2c(c(NCC3CC3)n1)CNCC2. The van der Waals surface area contributed by atoms with Gasteiger partial charge in [-0.3, -0.25) is 0 Å². The number of fused-ring (bicyclic) bond motifs is 1. The van der Waals surface area contributed by atoms with Crippen LogP contribution in [-0.4, -0.2) is 23.1 Å². The van der Waals surface area contributed by atoms with Crippen molar-refractivity contribution in [2.75, 3.05) is 18.4 Å². The number of aromatic nitrogens is 2. The minimum Gasteiger partial charge on any atom is -0.369 e. The Kier molecular flexibility index (Phi) is 2.69. The second-order valence-corrected chi connectivity index (χ2v) is 4.86. The first-order valence-corrected chi connectivity index (χ1v) is 6.20. The smallest absolute Gasteiger partial charge is 0.224 e. The van der Waals surface area contributed by atoms with Gasteiger partial charge in [-0.1, -0.05) is 0 Å². The highest BCUT2D eigenvalue weighted by Crippen LogP contribution is 2.30. The Morgan fingerprint density at radius 1 is 1.38 bits per heavy atom. The highest BCUT2D eigenvalue weighted by molar-refractivity contribution is 6.28. The fourth-order valence-corrected chi connectivity index (χ4v) is 2.21. The van der Waals surface area contributed by atoms with Crippen molar-refractivity contribution in [3.05, 3.63) is 16.5 Å². The van der Waals surface area contributed by atoms with Gasteiger partial charge in [0, 0.05) is 31.6 Å². The van der Waals surface area contributed by atoms with E-state index in [1.807, 2.05) is 0 Å². The quantitative estimate of drug-likeness (QED) is 0.786. The molecular formula is C11H15ClN4. The zero-order chi connectivity index (χ0) is 11.0. The van der Waals surface area contributed by atoms with Gasteiger partial charge in [0.25, 0.3) is 0 Å². The summed E-state index contributed by atoms with van der Waals surface area (Å²) >= 11 is 5.93. The van der Waals surface area contributed by atoms with Crippen LogP contribution in [0.1, 0.15) is 24.1 Å². The number of halogens is 1. The fourth-order valence-electron chi connectivity index (χ4n) is 2.02. The summed E-state index contributed by atoms with van der Waals surface area (Å²) in [6, 6.07) is 0. The van der Waals surface area contributed by atoms with E-state index in [0.717, 1.165) is 43.5 Å². The first-order chi connectivity index (χ1) is 7.83. The Hall–Kier alpha value is -0.870. The van der Waals surface area contributed by atoms with Crippen molar-refractivity contribution in [3.8, 4) is 0 Å². The van der Waals surface area contributed by atoms with Crippen LogP contribution in [0.4, 0.5) is 5.82 Å². The summed E-state index contributed by atoms with van der Waals surface area (Å²) in [4.78, 5) is 8.58. The number of rotatable bonds is 3. The Labute approximate surface area is 99.8 Å². The predicted octanol–water partition coefficient (Wildman–Crippen LogP) is 1.60. The number of nitrogens with one attached hydrogen (secondary N) is 2. The first kappa shape index (κ1) is 10.3. The lowest BCUT2D eigenvalue weighted by Gasteiger charge is -2.19. The Morgan fingerprint density at radius 2 is 2.25 bits per heavy atom. The molecule has 0 atom stereocenters. The van der Waals surface area contributed by atoms with Gasteiger partial charge >= 0.3 is 0 Å². The Bertz CT molecular complexity index is 403. The largest absolute Gasteiger partial charge is 0.369 e. The van der Waals surface area contributed by atoms with Crippen LogP contribution in [0.25, 0.3) is 0 Å². The summed E-state index contributed by atoms with van der Waals surface area (Å²) in [7, 11) is 0. The molecule has 2 heterocycles. The van der Waals surface area contributed by atoms with Crippen molar-refractivity contribution in [3.63, 3.8) is 0 Å². The van der Waals surface area contributed by atoms with Gasteiger partial charge < -0.3 is 10.6 Å². The van der Waals surface area contributed by atoms with E-state index in [-0.39, 0.29) is 0 Å². The summed E-state index contributed by atoms with van der Waals surface area (Å²) < 4.78 is 0. The molecule has 1 aromatic heterocycles. The molecule has 0 amide bonds. The molecule has 0 saturated heterocycles. The third kappa shape index (κ3) is 2.13. The van der Waals surface area contributed by atoms with E-state index in [1.54, 1.807) is 0 Å². The van der Waals surface area contributed by atoms with E-state index in [4.69, 9.17) is 11.6 Å². The van der Waals surface area contributed by atoms with Gasteiger partial charge in [0.2, 0.25) is 5.28 Å². The molecule has 2 aliphatic rings. The molecule has 0 aromatic carbocycles. The summed E-state index contributed by atoms with van der Waals surface area (Å²) in [5.41, 5.74) is 2.29. The monoisotopic (exact) mass is 238 g/mol. The zero-order valence-electron chi connectivity index (χ0n) is 9.09. The standard InChI is InChI=1S/C11H15ClN4/c12-11-15-9-3-4-13-6-8(9)10(16-11)14-5-7-1-2-7/h7,13H,1-6H2,(H,14,15,16). The van der Waals surface area contributed by atoms with Crippen LogP contribution in [0, 0.1) is 5.92 Å². The molecule has 2 N–H and O–H groups in total. The average molecular weight is 239 g/mol. The lowest BCUT2D eigenvalue weighted by atomic mass is 10.1. The van der Waals surface area contributed by atoms with Gasteiger partial charge in [-0.05, 0) is 30.4 Å². The fraction of sp³-hybridized carbons (Fsp3) is 0.636. The van der Waals surface area contributed by atoms with Gasteiger partial charge in [-0.25, -0.2) is 9.97 Å². The van der Waals surface area contributed by atoms with Crippen molar-refractivity contribution in [1.29, 1.82) is 0 Å². The molecule has 0 bridgehead atoms. The molecule has 1 fully saturated rings. The van der Waals surface area contributed by atoms with Gasteiger partial charge in [-0.15, -0.1) is 0 Å². The normalized spacial score (nSPS) is 19.3. The lowest BCUT2D eigenvalue weighted by Crippen LogP contribution is -2.26. The van der Waals surface area contributed by atoms with E-state index < -0.39 is 0 Å². The minimum atomic E-state index is 0.360. The molecule has 0 unspecified atom stereocenters. The van der Waals surface area contributed by atoms with E-state index in [0.29, 0.717) is 5.28 Å². The number of hydrogen-bond donors (Lipinski definition) is 2. The third-order valence-corrected chi connectivity index (χ3v) is 3.33. The maximum absolute atomic E-state index is 5.93. The van der Waals surface area contributed by atoms with Crippen molar-refractivity contribution >= 4 is 17.4 Å². The van der Waals surface area contributed by atoms with Crippen molar-refractivity contribution in [1.82, 2.24) is 15.3 Å². The topological polar surface area (TPSA) is 49.8 Å². The molecule has 0 radical (unpaired) electrons. The molecule has 1 aliphatic heterocycles. The summed E-state index contributed by atoms with van der Waals surface area (Å²) in [5, 5.41) is 7.10. The molecule has 3 rings (SSSR count). The molecular weight excluding hydrogens is 224 g/mol. The number of nitrogens with zero attached hydrogens (tertiary/aromatic N) is 2. The summed E-state index contributed by atoms with van der Waals surface area (Å²) in [6.45, 7) is 2.84. The Balaban J connectivity index is 1.85. The van der Waals surface area contributed by atoms with Crippen LogP contribution in [0.3, 0.4) is 0 Å². The minimum absolute atomic E-state index is 0.360. The van der Waals surface area contributed by atoms with Crippen LogP contribution < -0.4 is 10.6 Å². The molecule has 1 saturated carbocycles. The second kappa shape index (κ2) is 4.18. The molecule has 1 aromatic rings. The average Bonchev–Trinajstić information content (AvgIpc) is 3.09. The maximum atomic E-state index is 5.93. The summed E-state index contributed by atoms with van der Waals surface area (Å²) in [5.74, 6) is 1.76. The Morgan fingerprint density at radius 3 is 3.06 bits per heavy atom. The number of hydrogen-bond acceptors (Lipinski definition) is 4. The van der Waals surface area contributed by atoms with Gasteiger partial charge in [0.1, 0.15) is 5.82 Å². The molecule has 5 heteroatoms. The third-order valence-electron chi connectivity index (χ3n) is 3.16. The summed E-state index contributed by atoms with van der Waals surface area (Å²) in [6.07, 6.45) is 3.62. The molecule has 16 heavy (non-hydrogen) atoms. The highest BCUT2D eigenvalue weighted by Gasteiger charge is 2.22. The first-order valence-electron chi connectivity index (χ1n) is 5.83. The van der Waals surface area contributed by atoms with Crippen molar-refractivity contribution in [2.24, 2.45) is 5.92 Å². The van der Waals surface area contributed by atoms with Gasteiger partial charge in [0.15, 0.2) is 0 Å². The van der Waals surface area contributed by atoms with Gasteiger partial charge in [-0.2, -0.15) is 0 Å². The van der Waals surface area contributed by atoms with Crippen LogP contribution in [0.2, 0.25) is 5.28 Å². The van der Waals surface area contributed by atoms with E-state index in [9.17, 15) is 0 Å². The lowest BCUT2D eigenvalue weighted by molar-refractivity contribution is 0.626. The van der Waals surface area contributed by atoms with Crippen LogP contribution in [-0.2, 0) is 13.0 Å². The maximum Gasteiger partial charge on any atom is 0.224 e. The molecule has 1 aliphatic carbocycles. The van der Waals surface area contributed by atoms with E-state index in [2.05, 4.69) is 20.6 Å². The van der Waals surface area contributed by atoms with Crippen molar-refractivity contribution in [2.45, 2.75) is 25.8 Å². The zero-order valence-corrected chi connectivity index (χ0v) is 9.85. The van der Waals surface area contributed by atoms with Gasteiger partial charge in [0.05, 0.1) is 5.69 Å². The van der Waals surface area contributed by atoms with E-state index >= 15 is 0 Å². The molecule has 4 nitrogen and oxygen atoms in total. The van der Waals surface area contributed by atoms with E-state index in [1.165, 1.54) is 18.4 Å². The van der Waals surface area contributed by atoms with Crippen LogP contribution >= 0.6 is 11.6 Å². The predicted molar refractivity (Wildman–Crippen MR) is 63.7 cm³/mol. The second-order valence-electron chi connectivity index (χ2n) is 4.52. The highest BCUT2D eigenvalue weighted by atomic mass is 35.5. The molecule has 0 spiro atoms.